The molecule has 2 N–H and O–H groups in total. The molecule has 2 rings (SSSR count). The minimum absolute atomic E-state index is 0.326. The van der Waals surface area contributed by atoms with Crippen LogP contribution in [-0.2, 0) is 9.47 Å². The summed E-state index contributed by atoms with van der Waals surface area (Å²) < 4.78 is 10.5. The monoisotopic (exact) mass is 269 g/mol. The molecule has 0 amide bonds. The van der Waals surface area contributed by atoms with E-state index in [1.807, 2.05) is 0 Å². The number of nitrogen functional groups attached to an aromatic ring is 1. The van der Waals surface area contributed by atoms with Gasteiger partial charge in [0.1, 0.15) is 0 Å². The van der Waals surface area contributed by atoms with Crippen LogP contribution in [0.3, 0.4) is 0 Å². The molecule has 0 radical (unpaired) electrons. The lowest BCUT2D eigenvalue weighted by Gasteiger charge is -2.21. The minimum Gasteiger partial charge on any atom is -0.462 e. The first-order valence-corrected chi connectivity index (χ1v) is 6.34. The number of anilines is 1. The number of carbonyl (C=O) groups excluding carboxylic acids is 1. The molecule has 0 bridgehead atoms. The van der Waals surface area contributed by atoms with E-state index in [-0.39, 0.29) is 0 Å². The van der Waals surface area contributed by atoms with Crippen LogP contribution in [0.4, 0.5) is 5.69 Å². The summed E-state index contributed by atoms with van der Waals surface area (Å²) in [5.74, 6) is -0.0123. The molecule has 1 saturated heterocycles. The van der Waals surface area contributed by atoms with Gasteiger partial charge in [0.15, 0.2) is 0 Å². The lowest BCUT2D eigenvalue weighted by molar-refractivity contribution is 0.0186. The quantitative estimate of drug-likeness (QED) is 0.676. The Labute approximate surface area is 111 Å². The van der Waals surface area contributed by atoms with Crippen LogP contribution in [0.1, 0.15) is 23.2 Å². The van der Waals surface area contributed by atoms with E-state index in [1.54, 1.807) is 18.2 Å². The fourth-order valence-electron chi connectivity index (χ4n) is 1.88. The molecule has 0 unspecified atom stereocenters. The molecule has 18 heavy (non-hydrogen) atoms. The van der Waals surface area contributed by atoms with Gasteiger partial charge >= 0.3 is 5.97 Å². The first-order valence-electron chi connectivity index (χ1n) is 5.96. The molecule has 98 valence electrons. The van der Waals surface area contributed by atoms with E-state index >= 15 is 0 Å². The third-order valence-corrected chi connectivity index (χ3v) is 3.32. The Kier molecular flexibility index (Phi) is 4.44. The lowest BCUT2D eigenvalue weighted by atomic mass is 10.0. The summed E-state index contributed by atoms with van der Waals surface area (Å²) in [5.41, 5.74) is 6.46. The molecule has 1 fully saturated rings. The Morgan fingerprint density at radius 3 is 2.83 bits per heavy atom. The molecule has 0 saturated carbocycles. The maximum atomic E-state index is 11.8. The van der Waals surface area contributed by atoms with E-state index in [0.29, 0.717) is 28.8 Å². The molecule has 1 aromatic rings. The number of benzene rings is 1. The van der Waals surface area contributed by atoms with Crippen molar-refractivity contribution in [3.63, 3.8) is 0 Å². The first kappa shape index (κ1) is 13.2. The number of esters is 1. The molecule has 0 aliphatic carbocycles. The minimum atomic E-state index is -0.397. The van der Waals surface area contributed by atoms with Crippen molar-refractivity contribution in [1.29, 1.82) is 0 Å². The van der Waals surface area contributed by atoms with Gasteiger partial charge in [-0.05, 0) is 37.0 Å². The van der Waals surface area contributed by atoms with Crippen molar-refractivity contribution in [3.05, 3.63) is 28.8 Å². The Bertz CT molecular complexity index is 430. The highest BCUT2D eigenvalue weighted by atomic mass is 35.5. The predicted octanol–water partition coefficient (Wildman–Crippen LogP) is 2.51. The van der Waals surface area contributed by atoms with Crippen LogP contribution < -0.4 is 5.73 Å². The zero-order valence-corrected chi connectivity index (χ0v) is 10.8. The fraction of sp³-hybridized carbons (Fsp3) is 0.462. The zero-order valence-electron chi connectivity index (χ0n) is 10.0. The molecule has 1 heterocycles. The predicted molar refractivity (Wildman–Crippen MR) is 69.7 cm³/mol. The average molecular weight is 270 g/mol. The maximum absolute atomic E-state index is 11.8. The highest BCUT2D eigenvalue weighted by molar-refractivity contribution is 6.33. The van der Waals surface area contributed by atoms with Gasteiger partial charge in [0.2, 0.25) is 0 Å². The van der Waals surface area contributed by atoms with E-state index in [1.165, 1.54) is 0 Å². The van der Waals surface area contributed by atoms with E-state index in [9.17, 15) is 4.79 Å². The Morgan fingerprint density at radius 1 is 1.44 bits per heavy atom. The lowest BCUT2D eigenvalue weighted by Crippen LogP contribution is -2.22. The standard InChI is InChI=1S/C13H16ClNO3/c14-12-7-10(15)1-2-11(12)13(16)18-8-9-3-5-17-6-4-9/h1-2,7,9H,3-6,8,15H2. The largest absolute Gasteiger partial charge is 0.462 e. The first-order chi connectivity index (χ1) is 8.66. The molecule has 5 heteroatoms. The normalized spacial score (nSPS) is 16.5. The topological polar surface area (TPSA) is 61.6 Å². The second-order valence-electron chi connectivity index (χ2n) is 4.39. The molecule has 1 aromatic carbocycles. The number of hydrogen-bond donors (Lipinski definition) is 1. The van der Waals surface area contributed by atoms with Crippen LogP contribution >= 0.6 is 11.6 Å². The second-order valence-corrected chi connectivity index (χ2v) is 4.80. The third-order valence-electron chi connectivity index (χ3n) is 3.00. The molecule has 0 spiro atoms. The highest BCUT2D eigenvalue weighted by Gasteiger charge is 2.18. The summed E-state index contributed by atoms with van der Waals surface area (Å²) in [7, 11) is 0. The summed E-state index contributed by atoms with van der Waals surface area (Å²) >= 11 is 5.95. The van der Waals surface area contributed by atoms with Crippen molar-refractivity contribution < 1.29 is 14.3 Å². The third kappa shape index (κ3) is 3.37. The number of halogens is 1. The average Bonchev–Trinajstić information content (AvgIpc) is 2.37. The van der Waals surface area contributed by atoms with Gasteiger partial charge in [0.25, 0.3) is 0 Å². The number of hydrogen-bond acceptors (Lipinski definition) is 4. The fourth-order valence-corrected chi connectivity index (χ4v) is 2.15. The summed E-state index contributed by atoms with van der Waals surface area (Å²) in [6.45, 7) is 1.90. The van der Waals surface area contributed by atoms with Crippen molar-refractivity contribution in [2.75, 3.05) is 25.6 Å². The van der Waals surface area contributed by atoms with E-state index in [4.69, 9.17) is 26.8 Å². The van der Waals surface area contributed by atoms with Crippen LogP contribution in [0.5, 0.6) is 0 Å². The summed E-state index contributed by atoms with van der Waals surface area (Å²) in [6.07, 6.45) is 1.87. The number of nitrogens with two attached hydrogens (primary N) is 1. The second kappa shape index (κ2) is 6.07. The zero-order chi connectivity index (χ0) is 13.0. The molecule has 0 atom stereocenters. The van der Waals surface area contributed by atoms with Crippen LogP contribution in [0, 0.1) is 5.92 Å². The van der Waals surface area contributed by atoms with E-state index < -0.39 is 5.97 Å². The summed E-state index contributed by atoms with van der Waals surface area (Å²) in [5, 5.41) is 0.326. The van der Waals surface area contributed by atoms with Gasteiger partial charge < -0.3 is 15.2 Å². The molecule has 0 aromatic heterocycles. The number of ether oxygens (including phenoxy) is 2. The molecule has 1 aliphatic heterocycles. The summed E-state index contributed by atoms with van der Waals surface area (Å²) in [6, 6.07) is 4.77. The van der Waals surface area contributed by atoms with Crippen molar-refractivity contribution in [3.8, 4) is 0 Å². The highest BCUT2D eigenvalue weighted by Crippen LogP contribution is 2.21. The van der Waals surface area contributed by atoms with Crippen LogP contribution in [-0.4, -0.2) is 25.8 Å². The van der Waals surface area contributed by atoms with Crippen LogP contribution in [0.2, 0.25) is 5.02 Å². The van der Waals surface area contributed by atoms with Gasteiger partial charge in [-0.25, -0.2) is 4.79 Å². The van der Waals surface area contributed by atoms with Crippen LogP contribution in [0.25, 0.3) is 0 Å². The van der Waals surface area contributed by atoms with E-state index in [2.05, 4.69) is 0 Å². The van der Waals surface area contributed by atoms with Gasteiger partial charge in [-0.3, -0.25) is 0 Å². The Morgan fingerprint density at radius 2 is 2.17 bits per heavy atom. The Hall–Kier alpha value is -1.26. The van der Waals surface area contributed by atoms with Gasteiger partial charge in [-0.15, -0.1) is 0 Å². The molecule has 1 aliphatic rings. The van der Waals surface area contributed by atoms with Gasteiger partial charge in [0, 0.05) is 18.9 Å². The van der Waals surface area contributed by atoms with Crippen molar-refractivity contribution in [2.45, 2.75) is 12.8 Å². The molecular formula is C13H16ClNO3. The van der Waals surface area contributed by atoms with Gasteiger partial charge in [-0.2, -0.15) is 0 Å². The summed E-state index contributed by atoms with van der Waals surface area (Å²) in [4.78, 5) is 11.8. The van der Waals surface area contributed by atoms with Gasteiger partial charge in [0.05, 0.1) is 17.2 Å². The van der Waals surface area contributed by atoms with Crippen LogP contribution in [0.15, 0.2) is 18.2 Å². The van der Waals surface area contributed by atoms with E-state index in [0.717, 1.165) is 26.1 Å². The smallest absolute Gasteiger partial charge is 0.339 e. The SMILES string of the molecule is Nc1ccc(C(=O)OCC2CCOCC2)c(Cl)c1. The molecular weight excluding hydrogens is 254 g/mol. The number of rotatable bonds is 3. The van der Waals surface area contributed by atoms with Crippen molar-refractivity contribution in [2.24, 2.45) is 5.92 Å². The maximum Gasteiger partial charge on any atom is 0.339 e. The number of carbonyl (C=O) groups is 1. The molecule has 4 nitrogen and oxygen atoms in total. The van der Waals surface area contributed by atoms with Crippen molar-refractivity contribution >= 4 is 23.3 Å². The Balaban J connectivity index is 1.90. The van der Waals surface area contributed by atoms with Gasteiger partial charge in [-0.1, -0.05) is 11.6 Å². The van der Waals surface area contributed by atoms with Crippen molar-refractivity contribution in [1.82, 2.24) is 0 Å².